The molecule has 0 unspecified atom stereocenters. The molecule has 0 amide bonds. The number of anilines is 1. The Morgan fingerprint density at radius 2 is 1.81 bits per heavy atom. The van der Waals surface area contributed by atoms with Crippen molar-refractivity contribution in [1.82, 2.24) is 15.2 Å². The van der Waals surface area contributed by atoms with Gasteiger partial charge in [0.25, 0.3) is 0 Å². The molecule has 1 N–H and O–H groups in total. The van der Waals surface area contributed by atoms with E-state index in [0.717, 1.165) is 45.7 Å². The summed E-state index contributed by atoms with van der Waals surface area (Å²) in [5, 5.41) is 4.81. The van der Waals surface area contributed by atoms with Gasteiger partial charge in [0.1, 0.15) is 0 Å². The Kier molecular flexibility index (Phi) is 5.63. The molecule has 5 heteroatoms. The second kappa shape index (κ2) is 7.07. The molecule has 1 saturated heterocycles. The molecule has 1 aliphatic heterocycles. The molecule has 120 valence electrons. The van der Waals surface area contributed by atoms with Crippen LogP contribution in [0.5, 0.6) is 0 Å². The summed E-state index contributed by atoms with van der Waals surface area (Å²) in [4.78, 5) is 11.3. The molecule has 4 nitrogen and oxygen atoms in total. The lowest BCUT2D eigenvalue weighted by atomic mass is 10.1. The zero-order chi connectivity index (χ0) is 15.5. The van der Waals surface area contributed by atoms with Crippen molar-refractivity contribution in [1.29, 1.82) is 0 Å². The maximum absolute atomic E-state index is 4.89. The Hall–Kier alpha value is -0.650. The van der Waals surface area contributed by atoms with Gasteiger partial charge in [0, 0.05) is 43.1 Å². The van der Waals surface area contributed by atoms with Crippen LogP contribution in [0.2, 0.25) is 0 Å². The van der Waals surface area contributed by atoms with Crippen LogP contribution in [-0.4, -0.2) is 48.1 Å². The Morgan fingerprint density at radius 3 is 2.33 bits per heavy atom. The summed E-state index contributed by atoms with van der Waals surface area (Å²) >= 11 is 1.87. The molecule has 2 rings (SSSR count). The summed E-state index contributed by atoms with van der Waals surface area (Å²) in [5.41, 5.74) is 1.42. The molecule has 0 aromatic carbocycles. The molecule has 1 aromatic rings. The SMILES string of the molecule is CCc1nc(N2CCN(CC)CC2)sc1CNC(C)(C)C. The highest BCUT2D eigenvalue weighted by atomic mass is 32.1. The quantitative estimate of drug-likeness (QED) is 0.906. The number of hydrogen-bond donors (Lipinski definition) is 1. The number of nitrogens with one attached hydrogen (secondary N) is 1. The van der Waals surface area contributed by atoms with Gasteiger partial charge >= 0.3 is 0 Å². The summed E-state index contributed by atoms with van der Waals surface area (Å²) < 4.78 is 0. The van der Waals surface area contributed by atoms with Crippen LogP contribution in [0.25, 0.3) is 0 Å². The van der Waals surface area contributed by atoms with E-state index in [1.54, 1.807) is 0 Å². The molecule has 0 aliphatic carbocycles. The second-order valence-electron chi connectivity index (χ2n) is 6.74. The van der Waals surface area contributed by atoms with Crippen LogP contribution in [0.4, 0.5) is 5.13 Å². The lowest BCUT2D eigenvalue weighted by Crippen LogP contribution is -2.46. The number of thiazole rings is 1. The summed E-state index contributed by atoms with van der Waals surface area (Å²) in [6, 6.07) is 0. The van der Waals surface area contributed by atoms with Crippen molar-refractivity contribution in [3.63, 3.8) is 0 Å². The standard InChI is InChI=1S/C16H30N4S/c1-6-13-14(12-17-16(3,4)5)21-15(18-13)20-10-8-19(7-2)9-11-20/h17H,6-12H2,1-5H3. The first-order valence-electron chi connectivity index (χ1n) is 8.14. The molecule has 0 saturated carbocycles. The first-order valence-corrected chi connectivity index (χ1v) is 8.95. The Morgan fingerprint density at radius 1 is 1.14 bits per heavy atom. The Bertz CT molecular complexity index is 442. The predicted octanol–water partition coefficient (Wildman–Crippen LogP) is 2.74. The van der Waals surface area contributed by atoms with Gasteiger partial charge in [-0.05, 0) is 33.7 Å². The molecule has 2 heterocycles. The molecular formula is C16H30N4S. The number of aromatic nitrogens is 1. The van der Waals surface area contributed by atoms with E-state index in [0.29, 0.717) is 0 Å². The average Bonchev–Trinajstić information content (AvgIpc) is 2.88. The molecule has 1 aliphatic rings. The van der Waals surface area contributed by atoms with E-state index in [1.807, 2.05) is 11.3 Å². The monoisotopic (exact) mass is 310 g/mol. The van der Waals surface area contributed by atoms with Gasteiger partial charge in [-0.3, -0.25) is 0 Å². The lowest BCUT2D eigenvalue weighted by Gasteiger charge is -2.33. The van der Waals surface area contributed by atoms with Crippen molar-refractivity contribution in [3.8, 4) is 0 Å². The molecule has 0 bridgehead atoms. The molecular weight excluding hydrogens is 280 g/mol. The predicted molar refractivity (Wildman–Crippen MR) is 92.4 cm³/mol. The topological polar surface area (TPSA) is 31.4 Å². The van der Waals surface area contributed by atoms with Crippen molar-refractivity contribution in [3.05, 3.63) is 10.6 Å². The number of aryl methyl sites for hydroxylation is 1. The molecule has 1 fully saturated rings. The number of piperazine rings is 1. The molecule has 0 atom stereocenters. The van der Waals surface area contributed by atoms with E-state index in [9.17, 15) is 0 Å². The minimum Gasteiger partial charge on any atom is -0.346 e. The van der Waals surface area contributed by atoms with Crippen LogP contribution in [-0.2, 0) is 13.0 Å². The highest BCUT2D eigenvalue weighted by Gasteiger charge is 2.21. The minimum absolute atomic E-state index is 0.155. The van der Waals surface area contributed by atoms with Crippen molar-refractivity contribution >= 4 is 16.5 Å². The number of nitrogens with zero attached hydrogens (tertiary/aromatic N) is 3. The summed E-state index contributed by atoms with van der Waals surface area (Å²) in [7, 11) is 0. The fourth-order valence-corrected chi connectivity index (χ4v) is 3.66. The largest absolute Gasteiger partial charge is 0.346 e. The van der Waals surface area contributed by atoms with Gasteiger partial charge < -0.3 is 15.1 Å². The minimum atomic E-state index is 0.155. The van der Waals surface area contributed by atoms with Crippen LogP contribution < -0.4 is 10.2 Å². The van der Waals surface area contributed by atoms with Crippen molar-refractivity contribution in [2.75, 3.05) is 37.6 Å². The summed E-state index contributed by atoms with van der Waals surface area (Å²) in [6.07, 6.45) is 1.02. The van der Waals surface area contributed by atoms with Gasteiger partial charge in [-0.15, -0.1) is 11.3 Å². The average molecular weight is 311 g/mol. The van der Waals surface area contributed by atoms with Crippen LogP contribution in [0.15, 0.2) is 0 Å². The third-order valence-electron chi connectivity index (χ3n) is 3.97. The Labute approximate surface area is 133 Å². The normalized spacial score (nSPS) is 17.5. The first kappa shape index (κ1) is 16.7. The van der Waals surface area contributed by atoms with Crippen LogP contribution >= 0.6 is 11.3 Å². The van der Waals surface area contributed by atoms with Gasteiger partial charge in [-0.1, -0.05) is 13.8 Å². The van der Waals surface area contributed by atoms with Crippen LogP contribution in [0.1, 0.15) is 45.2 Å². The van der Waals surface area contributed by atoms with Crippen molar-refractivity contribution in [2.45, 2.75) is 53.1 Å². The van der Waals surface area contributed by atoms with Crippen molar-refractivity contribution in [2.24, 2.45) is 0 Å². The maximum Gasteiger partial charge on any atom is 0.185 e. The molecule has 0 spiro atoms. The van der Waals surface area contributed by atoms with E-state index < -0.39 is 0 Å². The van der Waals surface area contributed by atoms with Gasteiger partial charge in [-0.2, -0.15) is 0 Å². The fourth-order valence-electron chi connectivity index (χ4n) is 2.52. The van der Waals surface area contributed by atoms with Crippen LogP contribution in [0.3, 0.4) is 0 Å². The highest BCUT2D eigenvalue weighted by Crippen LogP contribution is 2.28. The third kappa shape index (κ3) is 4.66. The molecule has 0 radical (unpaired) electrons. The lowest BCUT2D eigenvalue weighted by molar-refractivity contribution is 0.271. The number of likely N-dealkylation sites (N-methyl/N-ethyl adjacent to an activating group) is 1. The van der Waals surface area contributed by atoms with E-state index in [2.05, 4.69) is 49.7 Å². The smallest absolute Gasteiger partial charge is 0.185 e. The number of rotatable bonds is 5. The zero-order valence-corrected chi connectivity index (χ0v) is 15.0. The van der Waals surface area contributed by atoms with E-state index >= 15 is 0 Å². The second-order valence-corrected chi connectivity index (χ2v) is 7.81. The third-order valence-corrected chi connectivity index (χ3v) is 5.13. The Balaban J connectivity index is 2.03. The summed E-state index contributed by atoms with van der Waals surface area (Å²) in [6.45, 7) is 17.7. The van der Waals surface area contributed by atoms with E-state index in [4.69, 9.17) is 4.98 Å². The van der Waals surface area contributed by atoms with Gasteiger partial charge in [-0.25, -0.2) is 4.98 Å². The maximum atomic E-state index is 4.89. The molecule has 21 heavy (non-hydrogen) atoms. The first-order chi connectivity index (χ1) is 9.93. The van der Waals surface area contributed by atoms with Crippen molar-refractivity contribution < 1.29 is 0 Å². The van der Waals surface area contributed by atoms with E-state index in [-0.39, 0.29) is 5.54 Å². The summed E-state index contributed by atoms with van der Waals surface area (Å²) in [5.74, 6) is 0. The fraction of sp³-hybridized carbons (Fsp3) is 0.812. The van der Waals surface area contributed by atoms with Gasteiger partial charge in [0.15, 0.2) is 5.13 Å². The number of hydrogen-bond acceptors (Lipinski definition) is 5. The van der Waals surface area contributed by atoms with Crippen LogP contribution in [0, 0.1) is 0 Å². The molecule has 1 aromatic heterocycles. The van der Waals surface area contributed by atoms with Gasteiger partial charge in [0.2, 0.25) is 0 Å². The highest BCUT2D eigenvalue weighted by molar-refractivity contribution is 7.15. The van der Waals surface area contributed by atoms with E-state index in [1.165, 1.54) is 15.7 Å². The zero-order valence-electron chi connectivity index (χ0n) is 14.2. The van der Waals surface area contributed by atoms with Gasteiger partial charge in [0.05, 0.1) is 5.69 Å².